The number of ether oxygens (including phenoxy) is 1. The average Bonchev–Trinajstić information content (AvgIpc) is 3.20. The average molecular weight is 478 g/mol. The zero-order valence-corrected chi connectivity index (χ0v) is 18.9. The first kappa shape index (κ1) is 23.2. The van der Waals surface area contributed by atoms with Crippen LogP contribution in [0.4, 0.5) is 18.9 Å². The number of carbonyl (C=O) groups excluding carboxylic acids is 1. The van der Waals surface area contributed by atoms with E-state index >= 15 is 0 Å². The van der Waals surface area contributed by atoms with Gasteiger partial charge in [-0.1, -0.05) is 12.1 Å². The number of amides is 1. The van der Waals surface area contributed by atoms with E-state index in [0.717, 1.165) is 17.7 Å². The lowest BCUT2D eigenvalue weighted by Gasteiger charge is -2.23. The lowest BCUT2D eigenvalue weighted by molar-refractivity contribution is -0.137. The minimum absolute atomic E-state index is 0.0407. The van der Waals surface area contributed by atoms with Gasteiger partial charge in [0, 0.05) is 35.1 Å². The molecule has 0 fully saturated rings. The highest BCUT2D eigenvalue weighted by molar-refractivity contribution is 8.00. The van der Waals surface area contributed by atoms with Crippen molar-refractivity contribution in [3.63, 3.8) is 0 Å². The molecule has 1 aliphatic rings. The number of halogens is 3. The van der Waals surface area contributed by atoms with E-state index in [2.05, 4.69) is 10.1 Å². The largest absolute Gasteiger partial charge is 0.497 e. The van der Waals surface area contributed by atoms with Gasteiger partial charge in [-0.2, -0.15) is 18.2 Å². The van der Waals surface area contributed by atoms with Gasteiger partial charge in [0.05, 0.1) is 18.4 Å². The minimum atomic E-state index is -4.48. The molecule has 6 nitrogen and oxygen atoms in total. The molecule has 0 N–H and O–H groups in total. The van der Waals surface area contributed by atoms with Crippen molar-refractivity contribution in [3.05, 3.63) is 53.9 Å². The number of thioether (sulfide) groups is 1. The maximum atomic E-state index is 13.3. The van der Waals surface area contributed by atoms with E-state index in [4.69, 9.17) is 9.26 Å². The van der Waals surface area contributed by atoms with Gasteiger partial charge in [-0.25, -0.2) is 0 Å². The van der Waals surface area contributed by atoms with E-state index in [1.54, 1.807) is 31.4 Å². The van der Waals surface area contributed by atoms with Gasteiger partial charge in [-0.05, 0) is 48.9 Å². The van der Waals surface area contributed by atoms with Crippen LogP contribution in [-0.4, -0.2) is 35.0 Å². The Morgan fingerprint density at radius 3 is 2.70 bits per heavy atom. The van der Waals surface area contributed by atoms with Crippen molar-refractivity contribution in [2.24, 2.45) is 0 Å². The fourth-order valence-electron chi connectivity index (χ4n) is 3.53. The number of fused-ring (bicyclic) bond motifs is 1. The van der Waals surface area contributed by atoms with Gasteiger partial charge in [0.15, 0.2) is 0 Å². The summed E-state index contributed by atoms with van der Waals surface area (Å²) in [7, 11) is 1.57. The van der Waals surface area contributed by atoms with Crippen LogP contribution in [0.1, 0.15) is 31.2 Å². The second-order valence-corrected chi connectivity index (χ2v) is 9.16. The molecule has 0 saturated carbocycles. The molecular formula is C23H22F3N3O3S. The minimum Gasteiger partial charge on any atom is -0.497 e. The van der Waals surface area contributed by atoms with Crippen molar-refractivity contribution < 1.29 is 27.2 Å². The van der Waals surface area contributed by atoms with Crippen LogP contribution in [0.5, 0.6) is 5.75 Å². The number of aryl methyl sites for hydroxylation is 1. The number of nitrogens with zero attached hydrogens (tertiary/aromatic N) is 3. The molecule has 0 radical (unpaired) electrons. The van der Waals surface area contributed by atoms with Crippen molar-refractivity contribution in [1.82, 2.24) is 10.1 Å². The SMILES string of the molecule is COc1ccc(-c2noc(CCC(=O)N3CCC(C)Sc4ccc(C(F)(F)F)cc43)n2)cc1. The molecule has 10 heteroatoms. The fourth-order valence-corrected chi connectivity index (χ4v) is 4.63. The van der Waals surface area contributed by atoms with Crippen LogP contribution in [-0.2, 0) is 17.4 Å². The molecule has 0 spiro atoms. The van der Waals surface area contributed by atoms with Crippen molar-refractivity contribution in [2.75, 3.05) is 18.6 Å². The van der Waals surface area contributed by atoms with Crippen LogP contribution in [0, 0.1) is 0 Å². The van der Waals surface area contributed by atoms with E-state index < -0.39 is 11.7 Å². The molecule has 1 amide bonds. The maximum absolute atomic E-state index is 13.3. The Morgan fingerprint density at radius 2 is 2.00 bits per heavy atom. The fraction of sp³-hybridized carbons (Fsp3) is 0.348. The Balaban J connectivity index is 1.49. The molecule has 0 aliphatic carbocycles. The van der Waals surface area contributed by atoms with Gasteiger partial charge >= 0.3 is 6.18 Å². The smallest absolute Gasteiger partial charge is 0.416 e. The summed E-state index contributed by atoms with van der Waals surface area (Å²) in [5, 5.41) is 4.13. The van der Waals surface area contributed by atoms with E-state index in [1.165, 1.54) is 22.7 Å². The Bertz CT molecular complexity index is 1130. The molecule has 1 aromatic heterocycles. The van der Waals surface area contributed by atoms with Crippen molar-refractivity contribution in [3.8, 4) is 17.1 Å². The number of benzene rings is 2. The van der Waals surface area contributed by atoms with Gasteiger partial charge in [-0.15, -0.1) is 11.8 Å². The van der Waals surface area contributed by atoms with Gasteiger partial charge < -0.3 is 14.2 Å². The molecule has 174 valence electrons. The molecule has 1 atom stereocenters. The van der Waals surface area contributed by atoms with Crippen molar-refractivity contribution in [2.45, 2.75) is 42.5 Å². The van der Waals surface area contributed by atoms with Crippen molar-refractivity contribution >= 4 is 23.4 Å². The molecule has 2 heterocycles. The quantitative estimate of drug-likeness (QED) is 0.476. The van der Waals surface area contributed by atoms with Crippen LogP contribution in [0.3, 0.4) is 0 Å². The molecule has 4 rings (SSSR count). The number of anilines is 1. The second-order valence-electron chi connectivity index (χ2n) is 7.68. The number of methoxy groups -OCH3 is 1. The molecular weight excluding hydrogens is 455 g/mol. The summed E-state index contributed by atoms with van der Waals surface area (Å²) < 4.78 is 50.2. The number of alkyl halides is 3. The van der Waals surface area contributed by atoms with Crippen LogP contribution >= 0.6 is 11.8 Å². The molecule has 0 saturated heterocycles. The van der Waals surface area contributed by atoms with E-state index in [1.807, 2.05) is 6.92 Å². The predicted molar refractivity (Wildman–Crippen MR) is 118 cm³/mol. The highest BCUT2D eigenvalue weighted by Crippen LogP contribution is 2.41. The summed E-state index contributed by atoms with van der Waals surface area (Å²) in [6, 6.07) is 10.7. The second kappa shape index (κ2) is 9.46. The first-order chi connectivity index (χ1) is 15.7. The Morgan fingerprint density at radius 1 is 1.24 bits per heavy atom. The normalized spacial score (nSPS) is 16.3. The third-order valence-electron chi connectivity index (χ3n) is 5.33. The van der Waals surface area contributed by atoms with E-state index in [0.29, 0.717) is 35.1 Å². The number of hydrogen-bond donors (Lipinski definition) is 0. The number of carbonyl (C=O) groups is 1. The van der Waals surface area contributed by atoms with Gasteiger partial charge in [0.2, 0.25) is 17.6 Å². The molecule has 0 bridgehead atoms. The van der Waals surface area contributed by atoms with E-state index in [9.17, 15) is 18.0 Å². The molecule has 2 aromatic carbocycles. The lowest BCUT2D eigenvalue weighted by Crippen LogP contribution is -2.32. The zero-order valence-electron chi connectivity index (χ0n) is 18.1. The van der Waals surface area contributed by atoms with Gasteiger partial charge in [-0.3, -0.25) is 4.79 Å². The number of rotatable bonds is 5. The summed E-state index contributed by atoms with van der Waals surface area (Å²) in [5.74, 6) is 1.10. The third-order valence-corrected chi connectivity index (χ3v) is 6.57. The van der Waals surface area contributed by atoms with Crippen LogP contribution in [0.25, 0.3) is 11.4 Å². The summed E-state index contributed by atoms with van der Waals surface area (Å²) in [4.78, 5) is 19.5. The molecule has 33 heavy (non-hydrogen) atoms. The standard InChI is InChI=1S/C23H22F3N3O3S/c1-14-11-12-29(18-13-16(23(24,25)26)5-8-19(18)33-14)21(30)10-9-20-27-22(28-32-20)15-3-6-17(31-2)7-4-15/h3-8,13-14H,9-12H2,1-2H3. The number of hydrogen-bond acceptors (Lipinski definition) is 6. The summed E-state index contributed by atoms with van der Waals surface area (Å²) in [6.45, 7) is 2.35. The first-order valence-corrected chi connectivity index (χ1v) is 11.3. The Labute approximate surface area is 193 Å². The third kappa shape index (κ3) is 5.32. The van der Waals surface area contributed by atoms with Crippen molar-refractivity contribution in [1.29, 1.82) is 0 Å². The van der Waals surface area contributed by atoms with Crippen LogP contribution < -0.4 is 9.64 Å². The zero-order chi connectivity index (χ0) is 23.6. The predicted octanol–water partition coefficient (Wildman–Crippen LogP) is 5.61. The lowest BCUT2D eigenvalue weighted by atomic mass is 10.1. The topological polar surface area (TPSA) is 68.5 Å². The number of aromatic nitrogens is 2. The highest BCUT2D eigenvalue weighted by Gasteiger charge is 2.33. The Kier molecular flexibility index (Phi) is 6.64. The van der Waals surface area contributed by atoms with Gasteiger partial charge in [0.1, 0.15) is 5.75 Å². The van der Waals surface area contributed by atoms with Crippen LogP contribution in [0.15, 0.2) is 51.9 Å². The van der Waals surface area contributed by atoms with Crippen LogP contribution in [0.2, 0.25) is 0 Å². The summed E-state index contributed by atoms with van der Waals surface area (Å²) in [6.07, 6.45) is -3.57. The monoisotopic (exact) mass is 477 g/mol. The summed E-state index contributed by atoms with van der Waals surface area (Å²) >= 11 is 1.48. The Hall–Kier alpha value is -3.01. The highest BCUT2D eigenvalue weighted by atomic mass is 32.2. The first-order valence-electron chi connectivity index (χ1n) is 10.4. The van der Waals surface area contributed by atoms with E-state index in [-0.39, 0.29) is 29.9 Å². The van der Waals surface area contributed by atoms with Gasteiger partial charge in [0.25, 0.3) is 0 Å². The summed E-state index contributed by atoms with van der Waals surface area (Å²) in [5.41, 5.74) is 0.271. The molecule has 1 unspecified atom stereocenters. The maximum Gasteiger partial charge on any atom is 0.416 e. The molecule has 3 aromatic rings. The molecule has 1 aliphatic heterocycles.